The highest BCUT2D eigenvalue weighted by molar-refractivity contribution is 5.96. The molecule has 0 aliphatic carbocycles. The van der Waals surface area contributed by atoms with Crippen molar-refractivity contribution in [3.63, 3.8) is 0 Å². The number of rotatable bonds is 2. The lowest BCUT2D eigenvalue weighted by atomic mass is 10.1. The maximum atomic E-state index is 11.3. The van der Waals surface area contributed by atoms with E-state index in [4.69, 9.17) is 11.5 Å². The minimum Gasteiger partial charge on any atom is -0.382 e. The zero-order valence-corrected chi connectivity index (χ0v) is 9.77. The fourth-order valence-corrected chi connectivity index (χ4v) is 1.64. The van der Waals surface area contributed by atoms with Gasteiger partial charge in [-0.05, 0) is 31.5 Å². The van der Waals surface area contributed by atoms with Gasteiger partial charge in [0, 0.05) is 11.8 Å². The summed E-state index contributed by atoms with van der Waals surface area (Å²) in [6, 6.07) is 5.38. The third-order valence-electron chi connectivity index (χ3n) is 2.60. The summed E-state index contributed by atoms with van der Waals surface area (Å²) >= 11 is 0. The molecule has 0 atom stereocenters. The van der Waals surface area contributed by atoms with E-state index in [9.17, 15) is 4.79 Å². The van der Waals surface area contributed by atoms with E-state index in [-0.39, 0.29) is 0 Å². The van der Waals surface area contributed by atoms with Crippen LogP contribution in [-0.2, 0) is 0 Å². The minimum atomic E-state index is -0.480. The molecule has 0 aliphatic heterocycles. The van der Waals surface area contributed by atoms with Crippen LogP contribution >= 0.6 is 0 Å². The summed E-state index contributed by atoms with van der Waals surface area (Å²) in [4.78, 5) is 11.3. The number of nitrogens with two attached hydrogens (primary N) is 2. The molecule has 88 valence electrons. The van der Waals surface area contributed by atoms with Crippen LogP contribution in [0.3, 0.4) is 0 Å². The molecule has 0 spiro atoms. The average molecular weight is 230 g/mol. The third kappa shape index (κ3) is 1.99. The standard InChI is InChI=1S/C12H14N4O/c1-7-3-4-9(12(14)17)10(5-7)16-6-8(2)11(13)15-16/h3-6H,1-2H3,(H2,13,15)(H2,14,17). The Morgan fingerprint density at radius 3 is 2.59 bits per heavy atom. The van der Waals surface area contributed by atoms with Gasteiger partial charge < -0.3 is 11.5 Å². The molecule has 1 aromatic carbocycles. The molecule has 0 unspecified atom stereocenters. The summed E-state index contributed by atoms with van der Waals surface area (Å²) in [7, 11) is 0. The van der Waals surface area contributed by atoms with Crippen LogP contribution in [0.2, 0.25) is 0 Å². The molecule has 4 N–H and O–H groups in total. The van der Waals surface area contributed by atoms with Crippen molar-refractivity contribution >= 4 is 11.7 Å². The number of hydrogen-bond acceptors (Lipinski definition) is 3. The number of hydrogen-bond donors (Lipinski definition) is 2. The zero-order chi connectivity index (χ0) is 12.6. The molecule has 1 amide bonds. The van der Waals surface area contributed by atoms with Crippen LogP contribution in [-0.4, -0.2) is 15.7 Å². The average Bonchev–Trinajstić information content (AvgIpc) is 2.58. The molecule has 1 heterocycles. The number of nitrogens with zero attached hydrogens (tertiary/aromatic N) is 2. The fourth-order valence-electron chi connectivity index (χ4n) is 1.64. The molecule has 5 heteroatoms. The van der Waals surface area contributed by atoms with E-state index in [1.807, 2.05) is 26.0 Å². The highest BCUT2D eigenvalue weighted by Gasteiger charge is 2.12. The highest BCUT2D eigenvalue weighted by Crippen LogP contribution is 2.18. The van der Waals surface area contributed by atoms with Gasteiger partial charge in [0.05, 0.1) is 11.3 Å². The lowest BCUT2D eigenvalue weighted by Crippen LogP contribution is -2.15. The number of aromatic nitrogens is 2. The molecule has 0 saturated heterocycles. The Morgan fingerprint density at radius 1 is 1.35 bits per heavy atom. The van der Waals surface area contributed by atoms with Gasteiger partial charge in [0.2, 0.25) is 0 Å². The summed E-state index contributed by atoms with van der Waals surface area (Å²) in [5.41, 5.74) is 14.0. The van der Waals surface area contributed by atoms with E-state index in [1.165, 1.54) is 0 Å². The van der Waals surface area contributed by atoms with Gasteiger partial charge >= 0.3 is 0 Å². The molecule has 0 radical (unpaired) electrons. The molecule has 1 aromatic heterocycles. The second-order valence-corrected chi connectivity index (χ2v) is 4.03. The highest BCUT2D eigenvalue weighted by atomic mass is 16.1. The summed E-state index contributed by atoms with van der Waals surface area (Å²) in [6.45, 7) is 3.80. The molecule has 2 rings (SSSR count). The first kappa shape index (κ1) is 11.2. The van der Waals surface area contributed by atoms with Crippen molar-refractivity contribution in [1.29, 1.82) is 0 Å². The summed E-state index contributed by atoms with van der Waals surface area (Å²) in [5.74, 6) is -0.0337. The van der Waals surface area contributed by atoms with E-state index < -0.39 is 5.91 Å². The quantitative estimate of drug-likeness (QED) is 0.811. The first-order valence-electron chi connectivity index (χ1n) is 5.21. The number of anilines is 1. The Balaban J connectivity index is 2.64. The van der Waals surface area contributed by atoms with Crippen LogP contribution in [0, 0.1) is 13.8 Å². The van der Waals surface area contributed by atoms with Crippen LogP contribution in [0.5, 0.6) is 0 Å². The number of amides is 1. The van der Waals surface area contributed by atoms with E-state index in [0.29, 0.717) is 17.1 Å². The van der Waals surface area contributed by atoms with Crippen molar-refractivity contribution < 1.29 is 4.79 Å². The third-order valence-corrected chi connectivity index (χ3v) is 2.60. The van der Waals surface area contributed by atoms with Gasteiger partial charge in [-0.3, -0.25) is 4.79 Å². The van der Waals surface area contributed by atoms with Crippen molar-refractivity contribution in [1.82, 2.24) is 9.78 Å². The summed E-state index contributed by atoms with van der Waals surface area (Å²) in [5, 5.41) is 4.15. The topological polar surface area (TPSA) is 86.9 Å². The smallest absolute Gasteiger partial charge is 0.250 e. The maximum absolute atomic E-state index is 11.3. The summed E-state index contributed by atoms with van der Waals surface area (Å²) in [6.07, 6.45) is 1.77. The van der Waals surface area contributed by atoms with E-state index in [1.54, 1.807) is 16.9 Å². The van der Waals surface area contributed by atoms with Gasteiger partial charge in [-0.1, -0.05) is 6.07 Å². The molecular formula is C12H14N4O. The lowest BCUT2D eigenvalue weighted by Gasteiger charge is -2.07. The Bertz CT molecular complexity index is 567. The minimum absolute atomic E-state index is 0.429. The van der Waals surface area contributed by atoms with Crippen molar-refractivity contribution in [2.75, 3.05) is 5.73 Å². The monoisotopic (exact) mass is 230 g/mol. The SMILES string of the molecule is Cc1ccc(C(N)=O)c(-n2cc(C)c(N)n2)c1. The fraction of sp³-hybridized carbons (Fsp3) is 0.167. The van der Waals surface area contributed by atoms with Crippen LogP contribution in [0.1, 0.15) is 21.5 Å². The van der Waals surface area contributed by atoms with Crippen LogP contribution < -0.4 is 11.5 Å². The predicted octanol–water partition coefficient (Wildman–Crippen LogP) is 1.17. The number of benzene rings is 1. The molecule has 0 fully saturated rings. The molecule has 5 nitrogen and oxygen atoms in total. The molecular weight excluding hydrogens is 216 g/mol. The molecule has 0 aliphatic rings. The lowest BCUT2D eigenvalue weighted by molar-refractivity contribution is 0.1000. The van der Waals surface area contributed by atoms with Crippen molar-refractivity contribution in [2.24, 2.45) is 5.73 Å². The maximum Gasteiger partial charge on any atom is 0.250 e. The van der Waals surface area contributed by atoms with Crippen LogP contribution in [0.15, 0.2) is 24.4 Å². The van der Waals surface area contributed by atoms with Crippen molar-refractivity contribution in [3.8, 4) is 5.69 Å². The molecule has 0 saturated carbocycles. The first-order valence-corrected chi connectivity index (χ1v) is 5.21. The number of primary amides is 1. The summed E-state index contributed by atoms with van der Waals surface area (Å²) < 4.78 is 1.58. The Morgan fingerprint density at radius 2 is 2.06 bits per heavy atom. The van der Waals surface area contributed by atoms with Gasteiger partial charge in [0.15, 0.2) is 0 Å². The van der Waals surface area contributed by atoms with Gasteiger partial charge in [-0.2, -0.15) is 5.10 Å². The van der Waals surface area contributed by atoms with E-state index >= 15 is 0 Å². The Hall–Kier alpha value is -2.30. The van der Waals surface area contributed by atoms with Crippen molar-refractivity contribution in [2.45, 2.75) is 13.8 Å². The predicted molar refractivity (Wildman–Crippen MR) is 66.0 cm³/mol. The Labute approximate surface area is 99.0 Å². The van der Waals surface area contributed by atoms with E-state index in [2.05, 4.69) is 5.10 Å². The zero-order valence-electron chi connectivity index (χ0n) is 9.77. The van der Waals surface area contributed by atoms with Gasteiger partial charge in [-0.25, -0.2) is 4.68 Å². The second kappa shape index (κ2) is 3.93. The first-order chi connectivity index (χ1) is 7.99. The molecule has 17 heavy (non-hydrogen) atoms. The largest absolute Gasteiger partial charge is 0.382 e. The molecule has 2 aromatic rings. The van der Waals surface area contributed by atoms with Crippen LogP contribution in [0.25, 0.3) is 5.69 Å². The van der Waals surface area contributed by atoms with E-state index in [0.717, 1.165) is 11.1 Å². The number of nitrogen functional groups attached to an aromatic ring is 1. The van der Waals surface area contributed by atoms with Gasteiger partial charge in [0.25, 0.3) is 5.91 Å². The number of carbonyl (C=O) groups is 1. The van der Waals surface area contributed by atoms with Crippen molar-refractivity contribution in [3.05, 3.63) is 41.1 Å². The molecule has 0 bridgehead atoms. The number of carbonyl (C=O) groups excluding carboxylic acids is 1. The van der Waals surface area contributed by atoms with Gasteiger partial charge in [-0.15, -0.1) is 0 Å². The Kier molecular flexibility index (Phi) is 2.59. The van der Waals surface area contributed by atoms with Gasteiger partial charge in [0.1, 0.15) is 5.82 Å². The second-order valence-electron chi connectivity index (χ2n) is 4.03. The normalized spacial score (nSPS) is 10.5. The van der Waals surface area contributed by atoms with Crippen LogP contribution in [0.4, 0.5) is 5.82 Å². The number of aryl methyl sites for hydroxylation is 2.